The fraction of sp³-hybridized carbons (Fsp3) is 0.0800. The fourth-order valence-corrected chi connectivity index (χ4v) is 3.87. The maximum atomic E-state index is 12.9. The largest absolute Gasteiger partial charge is 0.492 e. The summed E-state index contributed by atoms with van der Waals surface area (Å²) in [4.78, 5) is 39.2. The molecule has 0 saturated heterocycles. The summed E-state index contributed by atoms with van der Waals surface area (Å²) in [5.41, 5.74) is 1.54. The first-order valence-corrected chi connectivity index (χ1v) is 11.6. The number of carbonyl (C=O) groups excluding carboxylic acids is 3. The zero-order valence-corrected chi connectivity index (χ0v) is 20.5. The van der Waals surface area contributed by atoms with Crippen LogP contribution in [0, 0.1) is 0 Å². The predicted octanol–water partition coefficient (Wildman–Crippen LogP) is 6.08. The minimum atomic E-state index is -0.693. The number of rotatable bonds is 7. The van der Waals surface area contributed by atoms with E-state index in [1.165, 1.54) is 18.2 Å². The summed E-state index contributed by atoms with van der Waals surface area (Å²) in [6, 6.07) is 17.9. The number of nitrogens with one attached hydrogen (secondary N) is 2. The number of imide groups is 1. The summed E-state index contributed by atoms with van der Waals surface area (Å²) in [5, 5.41) is 5.89. The van der Waals surface area contributed by atoms with Crippen LogP contribution in [0.15, 0.2) is 77.5 Å². The Morgan fingerprint density at radius 1 is 0.914 bits per heavy atom. The van der Waals surface area contributed by atoms with Crippen LogP contribution in [0.25, 0.3) is 0 Å². The molecule has 1 aliphatic rings. The minimum absolute atomic E-state index is 0.0921. The molecule has 3 amide bonds. The first-order valence-electron chi connectivity index (χ1n) is 10.4. The van der Waals surface area contributed by atoms with Crippen molar-refractivity contribution in [3.63, 3.8) is 0 Å². The van der Waals surface area contributed by atoms with Crippen LogP contribution in [0.4, 0.5) is 17.1 Å². The van der Waals surface area contributed by atoms with Crippen LogP contribution in [0.1, 0.15) is 17.3 Å². The van der Waals surface area contributed by atoms with Gasteiger partial charge >= 0.3 is 0 Å². The Hall–Kier alpha value is -3.52. The average Bonchev–Trinajstić information content (AvgIpc) is 3.06. The lowest BCUT2D eigenvalue weighted by atomic mass is 10.1. The number of carbonyl (C=O) groups is 3. The van der Waals surface area contributed by atoms with Crippen LogP contribution < -0.4 is 20.3 Å². The highest BCUT2D eigenvalue weighted by Crippen LogP contribution is 2.33. The monoisotopic (exact) mass is 529 g/mol. The standard InChI is InChI=1S/C25H18Cl3N3O4/c1-2-35-20-6-4-3-5-19(20)30-23(32)14-7-9-15(10-8-14)29-22-21(28)24(33)31(25(22)34)16-11-12-17(26)18(27)13-16/h3-13,29H,2H2,1H3,(H,30,32). The number of hydrogen-bond acceptors (Lipinski definition) is 5. The van der Waals surface area contributed by atoms with Crippen molar-refractivity contribution in [2.75, 3.05) is 22.1 Å². The Balaban J connectivity index is 1.48. The van der Waals surface area contributed by atoms with E-state index >= 15 is 0 Å². The molecule has 4 rings (SSSR count). The molecule has 3 aromatic carbocycles. The van der Waals surface area contributed by atoms with Crippen molar-refractivity contribution in [1.29, 1.82) is 0 Å². The smallest absolute Gasteiger partial charge is 0.283 e. The molecule has 1 aliphatic heterocycles. The van der Waals surface area contributed by atoms with Crippen molar-refractivity contribution >= 4 is 69.6 Å². The van der Waals surface area contributed by atoms with E-state index < -0.39 is 11.8 Å². The van der Waals surface area contributed by atoms with Gasteiger partial charge < -0.3 is 15.4 Å². The lowest BCUT2D eigenvalue weighted by Gasteiger charge is -2.16. The Labute approximate surface area is 216 Å². The molecule has 0 radical (unpaired) electrons. The van der Waals surface area contributed by atoms with Crippen LogP contribution in [-0.2, 0) is 9.59 Å². The first-order chi connectivity index (χ1) is 16.8. The second-order valence-corrected chi connectivity index (χ2v) is 8.51. The van der Waals surface area contributed by atoms with Gasteiger partial charge in [-0.05, 0) is 61.5 Å². The number of para-hydroxylation sites is 2. The number of amides is 3. The molecule has 178 valence electrons. The lowest BCUT2D eigenvalue weighted by molar-refractivity contribution is -0.120. The zero-order valence-electron chi connectivity index (χ0n) is 18.3. The molecular formula is C25H18Cl3N3O4. The summed E-state index contributed by atoms with van der Waals surface area (Å²) in [6.45, 7) is 2.33. The van der Waals surface area contributed by atoms with Gasteiger partial charge in [0.1, 0.15) is 16.5 Å². The van der Waals surface area contributed by atoms with Crippen LogP contribution in [0.3, 0.4) is 0 Å². The molecule has 0 fully saturated rings. The zero-order chi connectivity index (χ0) is 25.1. The van der Waals surface area contributed by atoms with Crippen molar-refractivity contribution in [3.8, 4) is 5.75 Å². The number of nitrogens with zero attached hydrogens (tertiary/aromatic N) is 1. The molecule has 1 heterocycles. The third kappa shape index (κ3) is 5.12. The number of benzene rings is 3. The van der Waals surface area contributed by atoms with Gasteiger partial charge in [-0.3, -0.25) is 14.4 Å². The molecule has 0 aromatic heterocycles. The minimum Gasteiger partial charge on any atom is -0.492 e. The predicted molar refractivity (Wildman–Crippen MR) is 137 cm³/mol. The highest BCUT2D eigenvalue weighted by Gasteiger charge is 2.39. The first kappa shape index (κ1) is 24.6. The van der Waals surface area contributed by atoms with Crippen LogP contribution in [-0.4, -0.2) is 24.3 Å². The van der Waals surface area contributed by atoms with E-state index in [-0.39, 0.29) is 32.4 Å². The van der Waals surface area contributed by atoms with E-state index in [0.717, 1.165) is 4.90 Å². The van der Waals surface area contributed by atoms with Gasteiger partial charge in [0, 0.05) is 11.3 Å². The van der Waals surface area contributed by atoms with Crippen molar-refractivity contribution in [3.05, 3.63) is 93.1 Å². The number of halogens is 3. The molecule has 0 saturated carbocycles. The fourth-order valence-electron chi connectivity index (χ4n) is 3.37. The quantitative estimate of drug-likeness (QED) is 0.362. The second kappa shape index (κ2) is 10.4. The van der Waals surface area contributed by atoms with Gasteiger partial charge in [-0.15, -0.1) is 0 Å². The molecule has 0 spiro atoms. The highest BCUT2D eigenvalue weighted by atomic mass is 35.5. The van der Waals surface area contributed by atoms with E-state index in [1.807, 2.05) is 13.0 Å². The van der Waals surface area contributed by atoms with Crippen molar-refractivity contribution in [1.82, 2.24) is 0 Å². The SMILES string of the molecule is CCOc1ccccc1NC(=O)c1ccc(NC2=C(Cl)C(=O)N(c3ccc(Cl)c(Cl)c3)C2=O)cc1. The second-order valence-electron chi connectivity index (χ2n) is 7.32. The van der Waals surface area contributed by atoms with Gasteiger partial charge in [-0.2, -0.15) is 0 Å². The molecule has 0 bridgehead atoms. The van der Waals surface area contributed by atoms with Crippen molar-refractivity contribution in [2.24, 2.45) is 0 Å². The average molecular weight is 531 g/mol. The summed E-state index contributed by atoms with van der Waals surface area (Å²) in [6.07, 6.45) is 0. The van der Waals surface area contributed by atoms with Gasteiger partial charge in [-0.1, -0.05) is 46.9 Å². The van der Waals surface area contributed by atoms with Crippen LogP contribution in [0.2, 0.25) is 10.0 Å². The van der Waals surface area contributed by atoms with Crippen LogP contribution >= 0.6 is 34.8 Å². The Morgan fingerprint density at radius 3 is 2.31 bits per heavy atom. The molecule has 35 heavy (non-hydrogen) atoms. The molecule has 0 aliphatic carbocycles. The van der Waals surface area contributed by atoms with Crippen LogP contribution in [0.5, 0.6) is 5.75 Å². The van der Waals surface area contributed by atoms with Gasteiger partial charge in [0.15, 0.2) is 0 Å². The normalized spacial score (nSPS) is 13.3. The maximum Gasteiger partial charge on any atom is 0.283 e. The molecule has 0 unspecified atom stereocenters. The molecular weight excluding hydrogens is 513 g/mol. The number of ether oxygens (including phenoxy) is 1. The van der Waals surface area contributed by atoms with Gasteiger partial charge in [0.05, 0.1) is 28.0 Å². The Bertz CT molecular complexity index is 1360. The summed E-state index contributed by atoms with van der Waals surface area (Å²) < 4.78 is 5.53. The number of hydrogen-bond donors (Lipinski definition) is 2. The summed E-state index contributed by atoms with van der Waals surface area (Å²) in [7, 11) is 0. The van der Waals surface area contributed by atoms with E-state index in [9.17, 15) is 14.4 Å². The van der Waals surface area contributed by atoms with Crippen molar-refractivity contribution < 1.29 is 19.1 Å². The molecule has 0 atom stereocenters. The third-order valence-electron chi connectivity index (χ3n) is 5.04. The topological polar surface area (TPSA) is 87.7 Å². The molecule has 3 aromatic rings. The maximum absolute atomic E-state index is 12.9. The Kier molecular flexibility index (Phi) is 7.31. The summed E-state index contributed by atoms with van der Waals surface area (Å²) in [5.74, 6) is -1.10. The Morgan fingerprint density at radius 2 is 1.63 bits per heavy atom. The van der Waals surface area contributed by atoms with E-state index in [0.29, 0.717) is 29.3 Å². The highest BCUT2D eigenvalue weighted by molar-refractivity contribution is 6.53. The van der Waals surface area contributed by atoms with E-state index in [1.54, 1.807) is 42.5 Å². The van der Waals surface area contributed by atoms with Gasteiger partial charge in [0.2, 0.25) is 0 Å². The van der Waals surface area contributed by atoms with E-state index in [2.05, 4.69) is 10.6 Å². The van der Waals surface area contributed by atoms with E-state index in [4.69, 9.17) is 39.5 Å². The lowest BCUT2D eigenvalue weighted by Crippen LogP contribution is -2.32. The third-order valence-corrected chi connectivity index (χ3v) is 6.13. The van der Waals surface area contributed by atoms with Gasteiger partial charge in [0.25, 0.3) is 17.7 Å². The van der Waals surface area contributed by atoms with Gasteiger partial charge in [-0.25, -0.2) is 4.90 Å². The molecule has 7 nitrogen and oxygen atoms in total. The van der Waals surface area contributed by atoms with Crippen molar-refractivity contribution in [2.45, 2.75) is 6.92 Å². The molecule has 2 N–H and O–H groups in total. The number of anilines is 3. The molecule has 10 heteroatoms. The summed E-state index contributed by atoms with van der Waals surface area (Å²) >= 11 is 18.1.